The van der Waals surface area contributed by atoms with Gasteiger partial charge in [-0.05, 0) is 25.7 Å². The zero-order valence-corrected chi connectivity index (χ0v) is 11.3. The second-order valence-electron chi connectivity index (χ2n) is 4.47. The molecule has 1 aliphatic carbocycles. The Bertz CT molecular complexity index is 398. The lowest BCUT2D eigenvalue weighted by atomic mass is 9.91. The highest BCUT2D eigenvalue weighted by atomic mass is 35.5. The van der Waals surface area contributed by atoms with E-state index >= 15 is 0 Å². The lowest BCUT2D eigenvalue weighted by Crippen LogP contribution is -2.42. The van der Waals surface area contributed by atoms with Crippen molar-refractivity contribution in [3.63, 3.8) is 0 Å². The zero-order chi connectivity index (χ0) is 13.0. The molecule has 0 saturated heterocycles. The van der Waals surface area contributed by atoms with Gasteiger partial charge in [-0.3, -0.25) is 0 Å². The summed E-state index contributed by atoms with van der Waals surface area (Å²) in [5.74, 6) is 1.34. The molecule has 0 aromatic carbocycles. The Morgan fingerprint density at radius 1 is 1.56 bits per heavy atom. The van der Waals surface area contributed by atoms with Crippen LogP contribution < -0.4 is 10.2 Å². The first-order valence-corrected chi connectivity index (χ1v) is 6.72. The van der Waals surface area contributed by atoms with Crippen molar-refractivity contribution in [2.24, 2.45) is 0 Å². The monoisotopic (exact) mass is 270 g/mol. The molecule has 1 heterocycles. The van der Waals surface area contributed by atoms with Gasteiger partial charge in [-0.2, -0.15) is 4.98 Å². The Balaban J connectivity index is 2.22. The SMILES string of the molecule is CNc1ncc(Cl)c(N(CCCO)C2CCC2)n1. The number of hydrogen-bond acceptors (Lipinski definition) is 5. The van der Waals surface area contributed by atoms with E-state index in [1.54, 1.807) is 13.2 Å². The summed E-state index contributed by atoms with van der Waals surface area (Å²) in [5, 5.41) is 12.5. The average molecular weight is 271 g/mol. The fourth-order valence-corrected chi connectivity index (χ4v) is 2.28. The molecule has 0 spiro atoms. The maximum absolute atomic E-state index is 9.00. The van der Waals surface area contributed by atoms with E-state index in [1.165, 1.54) is 19.3 Å². The van der Waals surface area contributed by atoms with E-state index in [-0.39, 0.29) is 6.61 Å². The van der Waals surface area contributed by atoms with E-state index in [4.69, 9.17) is 16.7 Å². The number of anilines is 2. The van der Waals surface area contributed by atoms with E-state index in [2.05, 4.69) is 20.2 Å². The third kappa shape index (κ3) is 2.84. The fourth-order valence-electron chi connectivity index (χ4n) is 2.08. The molecule has 5 nitrogen and oxygen atoms in total. The van der Waals surface area contributed by atoms with Gasteiger partial charge in [-0.1, -0.05) is 11.6 Å². The maximum Gasteiger partial charge on any atom is 0.224 e. The van der Waals surface area contributed by atoms with Gasteiger partial charge in [0.2, 0.25) is 5.95 Å². The lowest BCUT2D eigenvalue weighted by Gasteiger charge is -2.38. The van der Waals surface area contributed by atoms with Crippen LogP contribution in [0.5, 0.6) is 0 Å². The highest BCUT2D eigenvalue weighted by molar-refractivity contribution is 6.32. The largest absolute Gasteiger partial charge is 0.396 e. The first-order valence-electron chi connectivity index (χ1n) is 6.34. The summed E-state index contributed by atoms with van der Waals surface area (Å²) in [6.45, 7) is 0.964. The van der Waals surface area contributed by atoms with Crippen molar-refractivity contribution in [2.75, 3.05) is 30.4 Å². The van der Waals surface area contributed by atoms with E-state index in [9.17, 15) is 0 Å². The molecule has 6 heteroatoms. The second kappa shape index (κ2) is 6.20. The van der Waals surface area contributed by atoms with E-state index < -0.39 is 0 Å². The Morgan fingerprint density at radius 3 is 2.89 bits per heavy atom. The molecular weight excluding hydrogens is 252 g/mol. The van der Waals surface area contributed by atoms with Gasteiger partial charge in [0.25, 0.3) is 0 Å². The minimum absolute atomic E-state index is 0.185. The molecule has 0 aliphatic heterocycles. The quantitative estimate of drug-likeness (QED) is 0.827. The van der Waals surface area contributed by atoms with Gasteiger partial charge in [-0.15, -0.1) is 0 Å². The van der Waals surface area contributed by atoms with Gasteiger partial charge in [0.15, 0.2) is 5.82 Å². The summed E-state index contributed by atoms with van der Waals surface area (Å²) < 4.78 is 0. The number of aromatic nitrogens is 2. The minimum Gasteiger partial charge on any atom is -0.396 e. The van der Waals surface area contributed by atoms with Crippen LogP contribution in [0.15, 0.2) is 6.20 Å². The molecular formula is C12H19ClN4O. The Hall–Kier alpha value is -1.07. The average Bonchev–Trinajstić information content (AvgIpc) is 2.33. The van der Waals surface area contributed by atoms with Crippen molar-refractivity contribution in [3.05, 3.63) is 11.2 Å². The van der Waals surface area contributed by atoms with E-state index in [0.29, 0.717) is 17.0 Å². The molecule has 0 atom stereocenters. The summed E-state index contributed by atoms with van der Waals surface area (Å²) >= 11 is 6.20. The molecule has 0 bridgehead atoms. The Kier molecular flexibility index (Phi) is 4.60. The van der Waals surface area contributed by atoms with Crippen LogP contribution in [0.1, 0.15) is 25.7 Å². The molecule has 1 aliphatic rings. The summed E-state index contributed by atoms with van der Waals surface area (Å²) in [7, 11) is 1.79. The number of nitrogens with zero attached hydrogens (tertiary/aromatic N) is 3. The molecule has 1 saturated carbocycles. The summed E-state index contributed by atoms with van der Waals surface area (Å²) in [6, 6.07) is 0.494. The summed E-state index contributed by atoms with van der Waals surface area (Å²) in [6.07, 6.45) is 5.94. The topological polar surface area (TPSA) is 61.3 Å². The number of nitrogens with one attached hydrogen (secondary N) is 1. The summed E-state index contributed by atoms with van der Waals surface area (Å²) in [4.78, 5) is 10.7. The highest BCUT2D eigenvalue weighted by Crippen LogP contribution is 2.32. The summed E-state index contributed by atoms with van der Waals surface area (Å²) in [5.41, 5.74) is 0. The van der Waals surface area contributed by atoms with Crippen LogP contribution in [0.2, 0.25) is 5.02 Å². The van der Waals surface area contributed by atoms with Gasteiger partial charge in [0.05, 0.1) is 6.20 Å². The molecule has 18 heavy (non-hydrogen) atoms. The zero-order valence-electron chi connectivity index (χ0n) is 10.6. The van der Waals surface area contributed by atoms with Crippen LogP contribution in [-0.2, 0) is 0 Å². The first-order chi connectivity index (χ1) is 8.76. The van der Waals surface area contributed by atoms with Gasteiger partial charge in [0.1, 0.15) is 5.02 Å². The second-order valence-corrected chi connectivity index (χ2v) is 4.88. The molecule has 0 radical (unpaired) electrons. The van der Waals surface area contributed by atoms with Crippen molar-refractivity contribution in [2.45, 2.75) is 31.7 Å². The van der Waals surface area contributed by atoms with Crippen LogP contribution in [0.3, 0.4) is 0 Å². The fraction of sp³-hybridized carbons (Fsp3) is 0.667. The number of hydrogen-bond donors (Lipinski definition) is 2. The Labute approximate surface area is 112 Å². The minimum atomic E-state index is 0.185. The number of aliphatic hydroxyl groups excluding tert-OH is 1. The number of rotatable bonds is 6. The molecule has 2 N–H and O–H groups in total. The maximum atomic E-state index is 9.00. The van der Waals surface area contributed by atoms with Gasteiger partial charge < -0.3 is 15.3 Å². The van der Waals surface area contributed by atoms with Crippen LogP contribution in [0, 0.1) is 0 Å². The third-order valence-electron chi connectivity index (χ3n) is 3.29. The van der Waals surface area contributed by atoms with Gasteiger partial charge >= 0.3 is 0 Å². The highest BCUT2D eigenvalue weighted by Gasteiger charge is 2.27. The van der Waals surface area contributed by atoms with Crippen LogP contribution in [0.25, 0.3) is 0 Å². The van der Waals surface area contributed by atoms with Crippen LogP contribution in [0.4, 0.5) is 11.8 Å². The smallest absolute Gasteiger partial charge is 0.224 e. The molecule has 100 valence electrons. The van der Waals surface area contributed by atoms with Gasteiger partial charge in [-0.25, -0.2) is 4.98 Å². The van der Waals surface area contributed by atoms with Crippen molar-refractivity contribution < 1.29 is 5.11 Å². The number of halogens is 1. The van der Waals surface area contributed by atoms with Crippen molar-refractivity contribution >= 4 is 23.4 Å². The molecule has 2 rings (SSSR count). The van der Waals surface area contributed by atoms with Gasteiger partial charge in [0, 0.05) is 26.2 Å². The number of aliphatic hydroxyl groups is 1. The van der Waals surface area contributed by atoms with E-state index in [0.717, 1.165) is 18.8 Å². The molecule has 1 aromatic heterocycles. The van der Waals surface area contributed by atoms with Crippen molar-refractivity contribution in [1.82, 2.24) is 9.97 Å². The predicted molar refractivity (Wildman–Crippen MR) is 73.3 cm³/mol. The predicted octanol–water partition coefficient (Wildman–Crippen LogP) is 1.91. The van der Waals surface area contributed by atoms with Crippen molar-refractivity contribution in [1.29, 1.82) is 0 Å². The molecule has 1 fully saturated rings. The lowest BCUT2D eigenvalue weighted by molar-refractivity contribution is 0.282. The van der Waals surface area contributed by atoms with Crippen LogP contribution >= 0.6 is 11.6 Å². The standard InChI is InChI=1S/C12H19ClN4O/c1-14-12-15-8-10(13)11(16-12)17(6-3-7-18)9-4-2-5-9/h8-9,18H,2-7H2,1H3,(H,14,15,16). The van der Waals surface area contributed by atoms with Crippen molar-refractivity contribution in [3.8, 4) is 0 Å². The third-order valence-corrected chi connectivity index (χ3v) is 3.56. The normalized spacial score (nSPS) is 15.3. The molecule has 1 aromatic rings. The van der Waals surface area contributed by atoms with Crippen LogP contribution in [-0.4, -0.2) is 41.3 Å². The molecule has 0 unspecified atom stereocenters. The molecule has 0 amide bonds. The first kappa shape index (κ1) is 13.4. The Morgan fingerprint density at radius 2 is 2.33 bits per heavy atom. The van der Waals surface area contributed by atoms with E-state index in [1.807, 2.05) is 0 Å².